The van der Waals surface area contributed by atoms with Crippen molar-refractivity contribution in [2.45, 2.75) is 13.5 Å². The predicted octanol–water partition coefficient (Wildman–Crippen LogP) is 3.19. The van der Waals surface area contributed by atoms with Gasteiger partial charge in [0.25, 0.3) is 5.91 Å². The first-order valence-electron chi connectivity index (χ1n) is 8.74. The molecule has 0 saturated carbocycles. The molecule has 3 rings (SSSR count). The molecule has 6 heteroatoms. The Hall–Kier alpha value is -3.15. The number of amides is 1. The van der Waals surface area contributed by atoms with E-state index in [1.165, 1.54) is 0 Å². The van der Waals surface area contributed by atoms with Crippen LogP contribution in [0.25, 0.3) is 6.08 Å². The molecule has 0 unspecified atom stereocenters. The molecule has 1 aliphatic heterocycles. The van der Waals surface area contributed by atoms with E-state index in [4.69, 9.17) is 18.9 Å². The summed E-state index contributed by atoms with van der Waals surface area (Å²) in [5.41, 5.74) is 2.31. The van der Waals surface area contributed by atoms with Crippen LogP contribution in [0.5, 0.6) is 23.0 Å². The lowest BCUT2D eigenvalue weighted by Gasteiger charge is -2.18. The SMILES string of the molecule is CCOc1ccc(CNC(=O)C2=Cc3cc(OC)ccc3OC2)cc1OC. The zero-order valence-corrected chi connectivity index (χ0v) is 15.7. The van der Waals surface area contributed by atoms with Gasteiger partial charge in [0, 0.05) is 12.1 Å². The van der Waals surface area contributed by atoms with E-state index in [9.17, 15) is 4.79 Å². The molecule has 0 bridgehead atoms. The van der Waals surface area contributed by atoms with E-state index in [0.717, 1.165) is 22.6 Å². The number of carbonyl (C=O) groups is 1. The Kier molecular flexibility index (Phi) is 5.86. The highest BCUT2D eigenvalue weighted by molar-refractivity contribution is 5.99. The zero-order chi connectivity index (χ0) is 19.2. The number of nitrogens with one attached hydrogen (secondary N) is 1. The van der Waals surface area contributed by atoms with Gasteiger partial charge in [-0.05, 0) is 48.9 Å². The lowest BCUT2D eigenvalue weighted by atomic mass is 10.1. The van der Waals surface area contributed by atoms with Gasteiger partial charge in [0.15, 0.2) is 11.5 Å². The Morgan fingerprint density at radius 2 is 1.96 bits per heavy atom. The summed E-state index contributed by atoms with van der Waals surface area (Å²) in [4.78, 5) is 12.5. The minimum absolute atomic E-state index is 0.170. The molecule has 27 heavy (non-hydrogen) atoms. The molecule has 1 amide bonds. The largest absolute Gasteiger partial charge is 0.497 e. The average molecular weight is 369 g/mol. The fourth-order valence-electron chi connectivity index (χ4n) is 2.81. The molecule has 142 valence electrons. The molecule has 1 N–H and O–H groups in total. The second-order valence-electron chi connectivity index (χ2n) is 5.96. The summed E-state index contributed by atoms with van der Waals surface area (Å²) in [5.74, 6) is 2.62. The van der Waals surface area contributed by atoms with Crippen molar-refractivity contribution in [1.29, 1.82) is 0 Å². The third kappa shape index (κ3) is 4.34. The minimum Gasteiger partial charge on any atom is -0.497 e. The van der Waals surface area contributed by atoms with Gasteiger partial charge in [-0.25, -0.2) is 0 Å². The number of methoxy groups -OCH3 is 2. The van der Waals surface area contributed by atoms with E-state index in [-0.39, 0.29) is 12.5 Å². The first kappa shape index (κ1) is 18.6. The Morgan fingerprint density at radius 1 is 1.11 bits per heavy atom. The van der Waals surface area contributed by atoms with Crippen LogP contribution in [0.2, 0.25) is 0 Å². The normalized spacial score (nSPS) is 12.3. The van der Waals surface area contributed by atoms with E-state index in [1.807, 2.05) is 49.4 Å². The predicted molar refractivity (Wildman–Crippen MR) is 102 cm³/mol. The number of rotatable bonds is 7. The quantitative estimate of drug-likeness (QED) is 0.812. The van der Waals surface area contributed by atoms with Crippen molar-refractivity contribution in [2.24, 2.45) is 0 Å². The van der Waals surface area contributed by atoms with Crippen molar-refractivity contribution < 1.29 is 23.7 Å². The van der Waals surface area contributed by atoms with Gasteiger partial charge in [0.2, 0.25) is 0 Å². The Labute approximate surface area is 158 Å². The molecule has 0 radical (unpaired) electrons. The number of carbonyl (C=O) groups excluding carboxylic acids is 1. The molecule has 0 aromatic heterocycles. The van der Waals surface area contributed by atoms with Crippen molar-refractivity contribution in [1.82, 2.24) is 5.32 Å². The van der Waals surface area contributed by atoms with Crippen LogP contribution in [-0.4, -0.2) is 33.3 Å². The molecular formula is C21H23NO5. The molecule has 0 fully saturated rings. The maximum Gasteiger partial charge on any atom is 0.250 e. The molecule has 6 nitrogen and oxygen atoms in total. The molecule has 2 aromatic carbocycles. The third-order valence-corrected chi connectivity index (χ3v) is 4.20. The minimum atomic E-state index is -0.170. The van der Waals surface area contributed by atoms with E-state index >= 15 is 0 Å². The fourth-order valence-corrected chi connectivity index (χ4v) is 2.81. The fraction of sp³-hybridized carbons (Fsp3) is 0.286. The zero-order valence-electron chi connectivity index (χ0n) is 15.7. The maximum absolute atomic E-state index is 12.5. The van der Waals surface area contributed by atoms with Crippen molar-refractivity contribution in [2.75, 3.05) is 27.4 Å². The third-order valence-electron chi connectivity index (χ3n) is 4.20. The second kappa shape index (κ2) is 8.49. The van der Waals surface area contributed by atoms with Crippen LogP contribution in [0.3, 0.4) is 0 Å². The Bertz CT molecular complexity index is 860. The first-order valence-corrected chi connectivity index (χ1v) is 8.74. The molecule has 1 aliphatic rings. The van der Waals surface area contributed by atoms with Crippen molar-refractivity contribution in [3.05, 3.63) is 53.1 Å². The summed E-state index contributed by atoms with van der Waals surface area (Å²) in [6.45, 7) is 3.09. The Balaban J connectivity index is 1.68. The van der Waals surface area contributed by atoms with Crippen LogP contribution in [-0.2, 0) is 11.3 Å². The van der Waals surface area contributed by atoms with E-state index < -0.39 is 0 Å². The molecule has 0 atom stereocenters. The number of ether oxygens (including phenoxy) is 4. The summed E-state index contributed by atoms with van der Waals surface area (Å²) < 4.78 is 21.7. The number of hydrogen-bond donors (Lipinski definition) is 1. The summed E-state index contributed by atoms with van der Waals surface area (Å²) in [5, 5.41) is 2.92. The Morgan fingerprint density at radius 3 is 2.70 bits per heavy atom. The van der Waals surface area contributed by atoms with Gasteiger partial charge in [0.1, 0.15) is 18.1 Å². The molecule has 0 saturated heterocycles. The average Bonchev–Trinajstić information content (AvgIpc) is 2.72. The van der Waals surface area contributed by atoms with Gasteiger partial charge in [-0.1, -0.05) is 6.07 Å². The lowest BCUT2D eigenvalue weighted by molar-refractivity contribution is -0.117. The first-order chi connectivity index (χ1) is 13.1. The lowest BCUT2D eigenvalue weighted by Crippen LogP contribution is -2.28. The molecule has 1 heterocycles. The van der Waals surface area contributed by atoms with Gasteiger partial charge in [-0.2, -0.15) is 0 Å². The summed E-state index contributed by atoms with van der Waals surface area (Å²) in [6, 6.07) is 11.1. The van der Waals surface area contributed by atoms with Gasteiger partial charge >= 0.3 is 0 Å². The highest BCUT2D eigenvalue weighted by Gasteiger charge is 2.18. The second-order valence-corrected chi connectivity index (χ2v) is 5.96. The van der Waals surface area contributed by atoms with E-state index in [2.05, 4.69) is 5.32 Å². The van der Waals surface area contributed by atoms with Crippen LogP contribution in [0.15, 0.2) is 42.0 Å². The van der Waals surface area contributed by atoms with E-state index in [0.29, 0.717) is 30.2 Å². The highest BCUT2D eigenvalue weighted by atomic mass is 16.5. The maximum atomic E-state index is 12.5. The van der Waals surface area contributed by atoms with Crippen LogP contribution in [0.4, 0.5) is 0 Å². The van der Waals surface area contributed by atoms with Crippen LogP contribution in [0, 0.1) is 0 Å². The molecule has 0 aliphatic carbocycles. The number of benzene rings is 2. The summed E-state index contributed by atoms with van der Waals surface area (Å²) in [6.07, 6.45) is 1.83. The van der Waals surface area contributed by atoms with Crippen LogP contribution < -0.4 is 24.3 Å². The van der Waals surface area contributed by atoms with Gasteiger partial charge < -0.3 is 24.3 Å². The number of hydrogen-bond acceptors (Lipinski definition) is 5. The monoisotopic (exact) mass is 369 g/mol. The van der Waals surface area contributed by atoms with Crippen molar-refractivity contribution in [3.8, 4) is 23.0 Å². The van der Waals surface area contributed by atoms with Gasteiger partial charge in [0.05, 0.1) is 26.4 Å². The molecular weight excluding hydrogens is 346 g/mol. The number of fused-ring (bicyclic) bond motifs is 1. The topological polar surface area (TPSA) is 66.0 Å². The van der Waals surface area contributed by atoms with Gasteiger partial charge in [-0.15, -0.1) is 0 Å². The van der Waals surface area contributed by atoms with E-state index in [1.54, 1.807) is 14.2 Å². The van der Waals surface area contributed by atoms with Gasteiger partial charge in [-0.3, -0.25) is 4.79 Å². The van der Waals surface area contributed by atoms with Crippen molar-refractivity contribution in [3.63, 3.8) is 0 Å². The smallest absolute Gasteiger partial charge is 0.250 e. The van der Waals surface area contributed by atoms with Crippen molar-refractivity contribution >= 4 is 12.0 Å². The highest BCUT2D eigenvalue weighted by Crippen LogP contribution is 2.30. The molecule has 2 aromatic rings. The standard InChI is InChI=1S/C21H23NO5/c1-4-26-19-7-5-14(9-20(19)25-3)12-22-21(23)16-10-15-11-17(24-2)6-8-18(15)27-13-16/h5-11H,4,12-13H2,1-3H3,(H,22,23). The van der Waals surface area contributed by atoms with Crippen LogP contribution in [0.1, 0.15) is 18.1 Å². The van der Waals surface area contributed by atoms with Crippen LogP contribution >= 0.6 is 0 Å². The summed E-state index contributed by atoms with van der Waals surface area (Å²) in [7, 11) is 3.20. The summed E-state index contributed by atoms with van der Waals surface area (Å²) >= 11 is 0. The molecule has 0 spiro atoms.